The van der Waals surface area contributed by atoms with Crippen molar-refractivity contribution in [3.8, 4) is 0 Å². The summed E-state index contributed by atoms with van der Waals surface area (Å²) in [6.07, 6.45) is 4.27. The Labute approximate surface area is 99.3 Å². The zero-order chi connectivity index (χ0) is 11.5. The number of nitrogens with one attached hydrogen (secondary N) is 1. The Kier molecular flexibility index (Phi) is 3.65. The van der Waals surface area contributed by atoms with Gasteiger partial charge in [-0.05, 0) is 56.2 Å². The standard InChI is InChI=1S/C15H23N/c1-11-6-4-9-15(12(11)2)10-16-13(3)14-7-5-8-14/h4,6,9,13-14,16H,5,7-8,10H2,1-3H3. The minimum atomic E-state index is 0.675. The summed E-state index contributed by atoms with van der Waals surface area (Å²) in [7, 11) is 0. The van der Waals surface area contributed by atoms with Crippen LogP contribution in [-0.4, -0.2) is 6.04 Å². The van der Waals surface area contributed by atoms with Crippen LogP contribution < -0.4 is 5.32 Å². The van der Waals surface area contributed by atoms with Crippen molar-refractivity contribution in [3.63, 3.8) is 0 Å². The van der Waals surface area contributed by atoms with E-state index < -0.39 is 0 Å². The average Bonchev–Trinajstić information content (AvgIpc) is 2.18. The number of rotatable bonds is 4. The number of hydrogen-bond donors (Lipinski definition) is 1. The molecule has 1 N–H and O–H groups in total. The summed E-state index contributed by atoms with van der Waals surface area (Å²) in [5.74, 6) is 0.921. The van der Waals surface area contributed by atoms with Gasteiger partial charge in [0.2, 0.25) is 0 Å². The van der Waals surface area contributed by atoms with Crippen molar-refractivity contribution >= 4 is 0 Å². The summed E-state index contributed by atoms with van der Waals surface area (Å²) in [4.78, 5) is 0. The molecule has 0 saturated heterocycles. The van der Waals surface area contributed by atoms with Gasteiger partial charge in [0.05, 0.1) is 0 Å². The zero-order valence-electron chi connectivity index (χ0n) is 10.7. The van der Waals surface area contributed by atoms with Crippen molar-refractivity contribution in [2.75, 3.05) is 0 Å². The molecule has 1 aromatic rings. The van der Waals surface area contributed by atoms with Gasteiger partial charge in [0.15, 0.2) is 0 Å². The molecular weight excluding hydrogens is 194 g/mol. The van der Waals surface area contributed by atoms with Crippen LogP contribution in [0.15, 0.2) is 18.2 Å². The molecule has 0 amide bonds. The molecule has 1 saturated carbocycles. The molecule has 0 heterocycles. The summed E-state index contributed by atoms with van der Waals surface area (Å²) in [6, 6.07) is 7.26. The molecule has 1 aliphatic rings. The molecule has 1 unspecified atom stereocenters. The first-order chi connectivity index (χ1) is 7.68. The Hall–Kier alpha value is -0.820. The Morgan fingerprint density at radius 1 is 1.31 bits per heavy atom. The summed E-state index contributed by atoms with van der Waals surface area (Å²) in [5.41, 5.74) is 4.29. The normalized spacial score (nSPS) is 18.2. The molecule has 0 aromatic heterocycles. The number of aryl methyl sites for hydroxylation is 1. The van der Waals surface area contributed by atoms with Gasteiger partial charge in [0.1, 0.15) is 0 Å². The highest BCUT2D eigenvalue weighted by atomic mass is 14.9. The zero-order valence-corrected chi connectivity index (χ0v) is 10.7. The van der Waals surface area contributed by atoms with E-state index >= 15 is 0 Å². The van der Waals surface area contributed by atoms with Crippen LogP contribution in [0.1, 0.15) is 42.9 Å². The molecule has 1 fully saturated rings. The average molecular weight is 217 g/mol. The van der Waals surface area contributed by atoms with E-state index in [-0.39, 0.29) is 0 Å². The fourth-order valence-electron chi connectivity index (χ4n) is 2.38. The molecule has 1 aromatic carbocycles. The second-order valence-corrected chi connectivity index (χ2v) is 5.22. The van der Waals surface area contributed by atoms with Crippen molar-refractivity contribution in [2.45, 2.75) is 52.6 Å². The van der Waals surface area contributed by atoms with Gasteiger partial charge in [-0.2, -0.15) is 0 Å². The lowest BCUT2D eigenvalue weighted by Crippen LogP contribution is -2.36. The lowest BCUT2D eigenvalue weighted by molar-refractivity contribution is 0.240. The molecule has 2 rings (SSSR count). The molecular formula is C15H23N. The van der Waals surface area contributed by atoms with E-state index in [1.165, 1.54) is 36.0 Å². The van der Waals surface area contributed by atoms with Gasteiger partial charge in [0, 0.05) is 12.6 Å². The third-order valence-electron chi connectivity index (χ3n) is 4.19. The van der Waals surface area contributed by atoms with Crippen molar-refractivity contribution in [2.24, 2.45) is 5.92 Å². The van der Waals surface area contributed by atoms with Gasteiger partial charge in [-0.15, -0.1) is 0 Å². The minimum absolute atomic E-state index is 0.675. The third kappa shape index (κ3) is 2.46. The maximum atomic E-state index is 3.67. The van der Waals surface area contributed by atoms with Crippen molar-refractivity contribution in [1.29, 1.82) is 0 Å². The first-order valence-electron chi connectivity index (χ1n) is 6.47. The molecule has 88 valence electrons. The third-order valence-corrected chi connectivity index (χ3v) is 4.19. The van der Waals surface area contributed by atoms with Gasteiger partial charge < -0.3 is 5.32 Å². The second-order valence-electron chi connectivity index (χ2n) is 5.22. The molecule has 16 heavy (non-hydrogen) atoms. The van der Waals surface area contributed by atoms with Gasteiger partial charge in [-0.3, -0.25) is 0 Å². The molecule has 1 heteroatoms. The van der Waals surface area contributed by atoms with E-state index in [0.717, 1.165) is 12.5 Å². The van der Waals surface area contributed by atoms with Crippen LogP contribution >= 0.6 is 0 Å². The van der Waals surface area contributed by atoms with Crippen molar-refractivity contribution < 1.29 is 0 Å². The molecule has 0 radical (unpaired) electrons. The van der Waals surface area contributed by atoms with Crippen LogP contribution in [-0.2, 0) is 6.54 Å². The Balaban J connectivity index is 1.91. The van der Waals surface area contributed by atoms with E-state index in [4.69, 9.17) is 0 Å². The highest BCUT2D eigenvalue weighted by Crippen LogP contribution is 2.29. The van der Waals surface area contributed by atoms with E-state index in [1.807, 2.05) is 0 Å². The molecule has 0 spiro atoms. The Morgan fingerprint density at radius 2 is 2.06 bits per heavy atom. The maximum absolute atomic E-state index is 3.67. The predicted molar refractivity (Wildman–Crippen MR) is 69.6 cm³/mol. The Morgan fingerprint density at radius 3 is 2.69 bits per heavy atom. The number of hydrogen-bond acceptors (Lipinski definition) is 1. The smallest absolute Gasteiger partial charge is 0.0210 e. The highest BCUT2D eigenvalue weighted by Gasteiger charge is 2.23. The Bertz CT molecular complexity index is 352. The van der Waals surface area contributed by atoms with Gasteiger partial charge >= 0.3 is 0 Å². The van der Waals surface area contributed by atoms with Crippen LogP contribution in [0.4, 0.5) is 0 Å². The summed E-state index contributed by atoms with van der Waals surface area (Å²) in [5, 5.41) is 3.67. The SMILES string of the molecule is Cc1cccc(CNC(C)C2CCC2)c1C. The van der Waals surface area contributed by atoms with Crippen LogP contribution in [0.3, 0.4) is 0 Å². The summed E-state index contributed by atoms with van der Waals surface area (Å²) < 4.78 is 0. The van der Waals surface area contributed by atoms with E-state index in [2.05, 4.69) is 44.3 Å². The van der Waals surface area contributed by atoms with Gasteiger partial charge in [-0.1, -0.05) is 24.6 Å². The van der Waals surface area contributed by atoms with Crippen LogP contribution in [0.5, 0.6) is 0 Å². The largest absolute Gasteiger partial charge is 0.310 e. The van der Waals surface area contributed by atoms with E-state index in [9.17, 15) is 0 Å². The van der Waals surface area contributed by atoms with Crippen molar-refractivity contribution in [3.05, 3.63) is 34.9 Å². The lowest BCUT2D eigenvalue weighted by atomic mass is 9.80. The molecule has 1 atom stereocenters. The summed E-state index contributed by atoms with van der Waals surface area (Å²) in [6.45, 7) is 7.76. The van der Waals surface area contributed by atoms with E-state index in [1.54, 1.807) is 0 Å². The minimum Gasteiger partial charge on any atom is -0.310 e. The monoisotopic (exact) mass is 217 g/mol. The molecule has 1 aliphatic carbocycles. The fraction of sp³-hybridized carbons (Fsp3) is 0.600. The van der Waals surface area contributed by atoms with Crippen LogP contribution in [0, 0.1) is 19.8 Å². The van der Waals surface area contributed by atoms with E-state index in [0.29, 0.717) is 6.04 Å². The molecule has 0 bridgehead atoms. The first kappa shape index (κ1) is 11.7. The number of benzene rings is 1. The second kappa shape index (κ2) is 5.01. The van der Waals surface area contributed by atoms with Gasteiger partial charge in [0.25, 0.3) is 0 Å². The quantitative estimate of drug-likeness (QED) is 0.813. The predicted octanol–water partition coefficient (Wildman–Crippen LogP) is 3.58. The topological polar surface area (TPSA) is 12.0 Å². The fourth-order valence-corrected chi connectivity index (χ4v) is 2.38. The van der Waals surface area contributed by atoms with Gasteiger partial charge in [-0.25, -0.2) is 0 Å². The maximum Gasteiger partial charge on any atom is 0.0210 e. The van der Waals surface area contributed by atoms with Crippen LogP contribution in [0.25, 0.3) is 0 Å². The van der Waals surface area contributed by atoms with Crippen molar-refractivity contribution in [1.82, 2.24) is 5.32 Å². The highest BCUT2D eigenvalue weighted by molar-refractivity contribution is 5.32. The summed E-state index contributed by atoms with van der Waals surface area (Å²) >= 11 is 0. The molecule has 1 nitrogen and oxygen atoms in total. The first-order valence-corrected chi connectivity index (χ1v) is 6.47. The van der Waals surface area contributed by atoms with Crippen LogP contribution in [0.2, 0.25) is 0 Å². The molecule has 0 aliphatic heterocycles. The lowest BCUT2D eigenvalue weighted by Gasteiger charge is -2.32.